The van der Waals surface area contributed by atoms with Gasteiger partial charge in [0.05, 0.1) is 10.0 Å². The quantitative estimate of drug-likeness (QED) is 0.926. The van der Waals surface area contributed by atoms with E-state index in [1.165, 1.54) is 6.07 Å². The van der Waals surface area contributed by atoms with E-state index in [4.69, 9.17) is 5.11 Å². The summed E-state index contributed by atoms with van der Waals surface area (Å²) < 4.78 is 13.7. The van der Waals surface area contributed by atoms with Gasteiger partial charge in [0.2, 0.25) is 0 Å². The lowest BCUT2D eigenvalue weighted by atomic mass is 9.94. The lowest BCUT2D eigenvalue weighted by Crippen LogP contribution is -2.40. The smallest absolute Gasteiger partial charge is 0.255 e. The molecule has 1 heterocycles. The van der Waals surface area contributed by atoms with Crippen LogP contribution in [0.4, 0.5) is 4.39 Å². The standard InChI is InChI=1S/C14H17BrFNO2/c15-13-11(4-1-5-12(13)16)14(19)17-7-2-3-10(9-17)6-8-18/h1,4-5,10,18H,2-3,6-9H2. The molecule has 2 rings (SSSR count). The number of halogens is 2. The normalized spacial score (nSPS) is 19.5. The first-order valence-electron chi connectivity index (χ1n) is 6.47. The summed E-state index contributed by atoms with van der Waals surface area (Å²) in [6, 6.07) is 4.50. The van der Waals surface area contributed by atoms with E-state index in [1.807, 2.05) is 0 Å². The lowest BCUT2D eigenvalue weighted by molar-refractivity contribution is 0.0652. The second kappa shape index (κ2) is 6.48. The predicted octanol–water partition coefficient (Wildman–Crippen LogP) is 2.82. The molecule has 1 aliphatic heterocycles. The Bertz CT molecular complexity index is 465. The molecular formula is C14H17BrFNO2. The van der Waals surface area contributed by atoms with E-state index >= 15 is 0 Å². The van der Waals surface area contributed by atoms with Crippen LogP contribution in [0.3, 0.4) is 0 Å². The van der Waals surface area contributed by atoms with Crippen molar-refractivity contribution in [1.82, 2.24) is 4.90 Å². The summed E-state index contributed by atoms with van der Waals surface area (Å²) in [6.07, 6.45) is 2.69. The molecule has 1 aromatic rings. The molecule has 3 nitrogen and oxygen atoms in total. The van der Waals surface area contributed by atoms with Crippen LogP contribution in [0.5, 0.6) is 0 Å². The molecule has 104 valence electrons. The van der Waals surface area contributed by atoms with Crippen molar-refractivity contribution in [3.63, 3.8) is 0 Å². The zero-order valence-electron chi connectivity index (χ0n) is 10.6. The van der Waals surface area contributed by atoms with Gasteiger partial charge in [-0.2, -0.15) is 0 Å². The van der Waals surface area contributed by atoms with Crippen molar-refractivity contribution in [1.29, 1.82) is 0 Å². The molecule has 19 heavy (non-hydrogen) atoms. The minimum atomic E-state index is -0.422. The number of carbonyl (C=O) groups excluding carboxylic acids is 1. The number of carbonyl (C=O) groups is 1. The van der Waals surface area contributed by atoms with Crippen LogP contribution in [0.25, 0.3) is 0 Å². The summed E-state index contributed by atoms with van der Waals surface area (Å²) in [6.45, 7) is 1.49. The fraction of sp³-hybridized carbons (Fsp3) is 0.500. The molecule has 1 saturated heterocycles. The maximum atomic E-state index is 13.5. The van der Waals surface area contributed by atoms with E-state index in [1.54, 1.807) is 17.0 Å². The van der Waals surface area contributed by atoms with Gasteiger partial charge >= 0.3 is 0 Å². The number of amides is 1. The van der Waals surface area contributed by atoms with E-state index in [0.717, 1.165) is 12.8 Å². The first-order chi connectivity index (χ1) is 9.13. The number of likely N-dealkylation sites (tertiary alicyclic amines) is 1. The fourth-order valence-corrected chi connectivity index (χ4v) is 2.94. The van der Waals surface area contributed by atoms with Gasteiger partial charge in [0.15, 0.2) is 0 Å². The minimum absolute atomic E-state index is 0.144. The highest BCUT2D eigenvalue weighted by Gasteiger charge is 2.25. The molecular weight excluding hydrogens is 313 g/mol. The molecule has 1 aliphatic rings. The van der Waals surface area contributed by atoms with Gasteiger partial charge in [-0.15, -0.1) is 0 Å². The highest BCUT2D eigenvalue weighted by atomic mass is 79.9. The minimum Gasteiger partial charge on any atom is -0.396 e. The molecule has 1 N–H and O–H groups in total. The van der Waals surface area contributed by atoms with Crippen LogP contribution in [0, 0.1) is 11.7 Å². The number of rotatable bonds is 3. The zero-order chi connectivity index (χ0) is 13.8. The maximum absolute atomic E-state index is 13.5. The first-order valence-corrected chi connectivity index (χ1v) is 7.27. The molecule has 5 heteroatoms. The van der Waals surface area contributed by atoms with E-state index in [9.17, 15) is 9.18 Å². The number of nitrogens with zero attached hydrogens (tertiary/aromatic N) is 1. The number of benzene rings is 1. The third kappa shape index (κ3) is 3.34. The summed E-state index contributed by atoms with van der Waals surface area (Å²) in [5.41, 5.74) is 0.365. The summed E-state index contributed by atoms with van der Waals surface area (Å²) in [7, 11) is 0. The molecule has 1 unspecified atom stereocenters. The number of aliphatic hydroxyl groups excluding tert-OH is 1. The Labute approximate surface area is 120 Å². The van der Waals surface area contributed by atoms with E-state index in [0.29, 0.717) is 31.0 Å². The summed E-state index contributed by atoms with van der Waals surface area (Å²) in [5.74, 6) is -0.223. The van der Waals surface area contributed by atoms with E-state index in [-0.39, 0.29) is 17.0 Å². The van der Waals surface area contributed by atoms with Gasteiger partial charge in [-0.3, -0.25) is 4.79 Å². The molecule has 0 bridgehead atoms. The van der Waals surface area contributed by atoms with Crippen LogP contribution in [0.2, 0.25) is 0 Å². The van der Waals surface area contributed by atoms with Gasteiger partial charge in [-0.1, -0.05) is 6.07 Å². The van der Waals surface area contributed by atoms with Crippen LogP contribution in [0.15, 0.2) is 22.7 Å². The Hall–Kier alpha value is -0.940. The SMILES string of the molecule is O=C(c1cccc(F)c1Br)N1CCCC(CCO)C1. The second-order valence-corrected chi connectivity index (χ2v) is 5.67. The molecule has 0 saturated carbocycles. The van der Waals surface area contributed by atoms with Crippen molar-refractivity contribution >= 4 is 21.8 Å². The Kier molecular flexibility index (Phi) is 4.93. The van der Waals surface area contributed by atoms with Crippen LogP contribution < -0.4 is 0 Å². The van der Waals surface area contributed by atoms with Gasteiger partial charge in [0.25, 0.3) is 5.91 Å². The summed E-state index contributed by atoms with van der Waals surface area (Å²) >= 11 is 3.13. The second-order valence-electron chi connectivity index (χ2n) is 4.87. The summed E-state index contributed by atoms with van der Waals surface area (Å²) in [4.78, 5) is 14.1. The molecule has 0 aliphatic carbocycles. The van der Waals surface area contributed by atoms with Crippen LogP contribution >= 0.6 is 15.9 Å². The molecule has 0 radical (unpaired) electrons. The Morgan fingerprint density at radius 2 is 2.32 bits per heavy atom. The van der Waals surface area contributed by atoms with Crippen molar-refractivity contribution in [2.24, 2.45) is 5.92 Å². The van der Waals surface area contributed by atoms with E-state index < -0.39 is 5.82 Å². The number of piperidine rings is 1. The van der Waals surface area contributed by atoms with Gasteiger partial charge in [-0.05, 0) is 53.2 Å². The average molecular weight is 330 g/mol. The molecule has 1 atom stereocenters. The molecule has 1 fully saturated rings. The Morgan fingerprint density at radius 1 is 1.53 bits per heavy atom. The maximum Gasteiger partial charge on any atom is 0.255 e. The molecule has 1 aromatic carbocycles. The van der Waals surface area contributed by atoms with Crippen molar-refractivity contribution in [2.45, 2.75) is 19.3 Å². The highest BCUT2D eigenvalue weighted by molar-refractivity contribution is 9.10. The molecule has 0 spiro atoms. The van der Waals surface area contributed by atoms with Crippen molar-refractivity contribution < 1.29 is 14.3 Å². The van der Waals surface area contributed by atoms with Crippen molar-refractivity contribution in [2.75, 3.05) is 19.7 Å². The Balaban J connectivity index is 2.12. The predicted molar refractivity (Wildman–Crippen MR) is 74.4 cm³/mol. The molecule has 1 amide bonds. The van der Waals surface area contributed by atoms with E-state index in [2.05, 4.69) is 15.9 Å². The van der Waals surface area contributed by atoms with Gasteiger partial charge in [0, 0.05) is 19.7 Å². The van der Waals surface area contributed by atoms with Gasteiger partial charge < -0.3 is 10.0 Å². The Morgan fingerprint density at radius 3 is 3.05 bits per heavy atom. The topological polar surface area (TPSA) is 40.5 Å². The first kappa shape index (κ1) is 14.5. The fourth-order valence-electron chi connectivity index (χ4n) is 2.51. The van der Waals surface area contributed by atoms with Crippen LogP contribution in [-0.2, 0) is 0 Å². The van der Waals surface area contributed by atoms with Gasteiger partial charge in [-0.25, -0.2) is 4.39 Å². The number of hydrogen-bond acceptors (Lipinski definition) is 2. The van der Waals surface area contributed by atoms with Gasteiger partial charge in [0.1, 0.15) is 5.82 Å². The monoisotopic (exact) mass is 329 g/mol. The lowest BCUT2D eigenvalue weighted by Gasteiger charge is -2.32. The highest BCUT2D eigenvalue weighted by Crippen LogP contribution is 2.25. The van der Waals surface area contributed by atoms with Crippen LogP contribution in [0.1, 0.15) is 29.6 Å². The van der Waals surface area contributed by atoms with Crippen LogP contribution in [-0.4, -0.2) is 35.6 Å². The van der Waals surface area contributed by atoms with Crippen molar-refractivity contribution in [3.8, 4) is 0 Å². The number of aliphatic hydroxyl groups is 1. The largest absolute Gasteiger partial charge is 0.396 e. The number of hydrogen-bond donors (Lipinski definition) is 1. The third-order valence-corrected chi connectivity index (χ3v) is 4.33. The third-order valence-electron chi connectivity index (χ3n) is 3.53. The summed E-state index contributed by atoms with van der Waals surface area (Å²) in [5, 5.41) is 8.98. The van der Waals surface area contributed by atoms with Crippen molar-refractivity contribution in [3.05, 3.63) is 34.1 Å². The average Bonchev–Trinajstić information content (AvgIpc) is 2.42. The molecule has 0 aromatic heterocycles. The zero-order valence-corrected chi connectivity index (χ0v) is 12.2.